The van der Waals surface area contributed by atoms with Gasteiger partial charge in [-0.1, -0.05) is 29.3 Å². The lowest BCUT2D eigenvalue weighted by Crippen LogP contribution is -2.25. The zero-order valence-corrected chi connectivity index (χ0v) is 11.7. The Kier molecular flexibility index (Phi) is 3.11. The molecule has 0 aromatic heterocycles. The number of halogens is 1. The number of anilines is 3. The Morgan fingerprint density at radius 3 is 2.68 bits per heavy atom. The molecule has 0 aliphatic carbocycles. The van der Waals surface area contributed by atoms with Crippen molar-refractivity contribution in [3.05, 3.63) is 52.5 Å². The van der Waals surface area contributed by atoms with Crippen LogP contribution in [0.3, 0.4) is 0 Å². The number of fused-ring (bicyclic) bond motifs is 1. The predicted octanol–water partition coefficient (Wildman–Crippen LogP) is 4.31. The molecule has 3 heteroatoms. The fraction of sp³-hybridized carbons (Fsp3) is 0.250. The Hall–Kier alpha value is -1.67. The molecule has 2 aromatic rings. The molecule has 0 unspecified atom stereocenters. The number of nitrogens with zero attached hydrogens (tertiary/aromatic N) is 1. The molecule has 2 N–H and O–H groups in total. The van der Waals surface area contributed by atoms with Crippen LogP contribution in [0.2, 0.25) is 5.02 Å². The predicted molar refractivity (Wildman–Crippen MR) is 82.4 cm³/mol. The molecule has 2 nitrogen and oxygen atoms in total. The van der Waals surface area contributed by atoms with Crippen molar-refractivity contribution >= 4 is 28.7 Å². The van der Waals surface area contributed by atoms with Gasteiger partial charge in [-0.3, -0.25) is 0 Å². The van der Waals surface area contributed by atoms with Crippen LogP contribution < -0.4 is 10.6 Å². The van der Waals surface area contributed by atoms with Crippen molar-refractivity contribution in [1.82, 2.24) is 0 Å². The smallest absolute Gasteiger partial charge is 0.0645 e. The van der Waals surface area contributed by atoms with Crippen LogP contribution in [0.4, 0.5) is 17.1 Å². The van der Waals surface area contributed by atoms with E-state index in [0.29, 0.717) is 5.02 Å². The molecule has 2 aromatic carbocycles. The van der Waals surface area contributed by atoms with E-state index in [2.05, 4.69) is 30.0 Å². The molecule has 3 rings (SSSR count). The van der Waals surface area contributed by atoms with Gasteiger partial charge in [0.2, 0.25) is 0 Å². The van der Waals surface area contributed by atoms with Gasteiger partial charge in [-0.25, -0.2) is 0 Å². The monoisotopic (exact) mass is 272 g/mol. The maximum Gasteiger partial charge on any atom is 0.0645 e. The van der Waals surface area contributed by atoms with Crippen LogP contribution in [0.25, 0.3) is 0 Å². The topological polar surface area (TPSA) is 29.3 Å². The average Bonchev–Trinajstić information content (AvgIpc) is 2.38. The molecule has 0 atom stereocenters. The van der Waals surface area contributed by atoms with Crippen molar-refractivity contribution in [3.8, 4) is 0 Å². The average molecular weight is 273 g/mol. The summed E-state index contributed by atoms with van der Waals surface area (Å²) in [6, 6.07) is 12.3. The van der Waals surface area contributed by atoms with Gasteiger partial charge < -0.3 is 10.6 Å². The summed E-state index contributed by atoms with van der Waals surface area (Å²) >= 11 is 5.98. The van der Waals surface area contributed by atoms with Gasteiger partial charge >= 0.3 is 0 Å². The van der Waals surface area contributed by atoms with Crippen molar-refractivity contribution in [3.63, 3.8) is 0 Å². The zero-order chi connectivity index (χ0) is 13.4. The summed E-state index contributed by atoms with van der Waals surface area (Å²) in [5.74, 6) is 0. The highest BCUT2D eigenvalue weighted by Gasteiger charge is 2.19. The molecule has 0 spiro atoms. The van der Waals surface area contributed by atoms with Gasteiger partial charge in [-0.05, 0) is 49.6 Å². The van der Waals surface area contributed by atoms with Gasteiger partial charge in [0.15, 0.2) is 0 Å². The number of nitrogen functional groups attached to an aromatic ring is 1. The second kappa shape index (κ2) is 4.78. The summed E-state index contributed by atoms with van der Waals surface area (Å²) in [6.07, 6.45) is 2.29. The van der Waals surface area contributed by atoms with E-state index in [1.807, 2.05) is 18.2 Å². The first-order chi connectivity index (χ1) is 9.15. The van der Waals surface area contributed by atoms with Crippen molar-refractivity contribution in [2.75, 3.05) is 17.2 Å². The van der Waals surface area contributed by atoms with E-state index in [-0.39, 0.29) is 0 Å². The van der Waals surface area contributed by atoms with Gasteiger partial charge in [0, 0.05) is 17.3 Å². The molecule has 1 heterocycles. The van der Waals surface area contributed by atoms with Crippen molar-refractivity contribution < 1.29 is 0 Å². The van der Waals surface area contributed by atoms with E-state index in [4.69, 9.17) is 17.3 Å². The molecular formula is C16H17ClN2. The van der Waals surface area contributed by atoms with Gasteiger partial charge in [-0.15, -0.1) is 0 Å². The summed E-state index contributed by atoms with van der Waals surface area (Å²) in [6.45, 7) is 3.14. The molecule has 0 fully saturated rings. The molecule has 1 aliphatic heterocycles. The third kappa shape index (κ3) is 2.28. The normalized spacial score (nSPS) is 14.3. The van der Waals surface area contributed by atoms with Crippen LogP contribution in [0.5, 0.6) is 0 Å². The number of hydrogen-bond acceptors (Lipinski definition) is 2. The summed E-state index contributed by atoms with van der Waals surface area (Å²) in [5, 5.41) is 0.683. The lowest BCUT2D eigenvalue weighted by atomic mass is 9.99. The maximum atomic E-state index is 6.11. The highest BCUT2D eigenvalue weighted by molar-refractivity contribution is 6.31. The van der Waals surface area contributed by atoms with E-state index in [1.165, 1.54) is 16.8 Å². The molecule has 19 heavy (non-hydrogen) atoms. The Bertz CT molecular complexity index is 622. The van der Waals surface area contributed by atoms with Gasteiger partial charge in [0.25, 0.3) is 0 Å². The maximum absolute atomic E-state index is 6.11. The zero-order valence-electron chi connectivity index (χ0n) is 11.0. The standard InChI is InChI=1S/C16H17ClN2/c1-11-4-6-15-12(9-11)3-2-8-19(15)16-7-5-13(17)10-14(16)18/h4-7,9-10H,2-3,8,18H2,1H3. The lowest BCUT2D eigenvalue weighted by Gasteiger charge is -2.32. The minimum Gasteiger partial charge on any atom is -0.397 e. The Labute approximate surface area is 118 Å². The Morgan fingerprint density at radius 1 is 1.11 bits per heavy atom. The molecule has 0 bridgehead atoms. The molecule has 98 valence electrons. The number of rotatable bonds is 1. The summed E-state index contributed by atoms with van der Waals surface area (Å²) < 4.78 is 0. The van der Waals surface area contributed by atoms with Gasteiger partial charge in [0.05, 0.1) is 11.4 Å². The van der Waals surface area contributed by atoms with Crippen molar-refractivity contribution in [2.45, 2.75) is 19.8 Å². The van der Waals surface area contributed by atoms with Crippen molar-refractivity contribution in [2.24, 2.45) is 0 Å². The molecule has 0 saturated heterocycles. The first kappa shape index (κ1) is 12.4. The summed E-state index contributed by atoms with van der Waals surface area (Å²) in [4.78, 5) is 2.30. The minimum absolute atomic E-state index is 0.683. The van der Waals surface area contributed by atoms with E-state index >= 15 is 0 Å². The van der Waals surface area contributed by atoms with Crippen LogP contribution >= 0.6 is 11.6 Å². The second-order valence-corrected chi connectivity index (χ2v) is 5.53. The lowest BCUT2D eigenvalue weighted by molar-refractivity contribution is 0.766. The first-order valence-corrected chi connectivity index (χ1v) is 6.95. The third-order valence-electron chi connectivity index (χ3n) is 3.63. The first-order valence-electron chi connectivity index (χ1n) is 6.57. The number of hydrogen-bond donors (Lipinski definition) is 1. The Balaban J connectivity index is 2.08. The number of benzene rings is 2. The summed E-state index contributed by atoms with van der Waals surface area (Å²) in [5.41, 5.74) is 11.9. The fourth-order valence-corrected chi connectivity index (χ4v) is 2.93. The number of aryl methyl sites for hydroxylation is 2. The molecule has 1 aliphatic rings. The molecular weight excluding hydrogens is 256 g/mol. The van der Waals surface area contributed by atoms with Gasteiger partial charge in [0.1, 0.15) is 0 Å². The van der Waals surface area contributed by atoms with Crippen LogP contribution in [0.15, 0.2) is 36.4 Å². The third-order valence-corrected chi connectivity index (χ3v) is 3.87. The van der Waals surface area contributed by atoms with E-state index in [1.54, 1.807) is 0 Å². The SMILES string of the molecule is Cc1ccc2c(c1)CCCN2c1ccc(Cl)cc1N. The van der Waals surface area contributed by atoms with E-state index in [0.717, 1.165) is 30.8 Å². The van der Waals surface area contributed by atoms with Crippen molar-refractivity contribution in [1.29, 1.82) is 0 Å². The van der Waals surface area contributed by atoms with Crippen LogP contribution in [0, 0.1) is 6.92 Å². The molecule has 0 amide bonds. The van der Waals surface area contributed by atoms with E-state index in [9.17, 15) is 0 Å². The Morgan fingerprint density at radius 2 is 1.89 bits per heavy atom. The van der Waals surface area contributed by atoms with Gasteiger partial charge in [-0.2, -0.15) is 0 Å². The second-order valence-electron chi connectivity index (χ2n) is 5.09. The summed E-state index contributed by atoms with van der Waals surface area (Å²) in [7, 11) is 0. The largest absolute Gasteiger partial charge is 0.397 e. The molecule has 0 saturated carbocycles. The highest BCUT2D eigenvalue weighted by Crippen LogP contribution is 2.37. The van der Waals surface area contributed by atoms with Crippen LogP contribution in [0.1, 0.15) is 17.5 Å². The van der Waals surface area contributed by atoms with Crippen LogP contribution in [-0.4, -0.2) is 6.54 Å². The van der Waals surface area contributed by atoms with Crippen LogP contribution in [-0.2, 0) is 6.42 Å². The molecule has 0 radical (unpaired) electrons. The fourth-order valence-electron chi connectivity index (χ4n) is 2.75. The number of nitrogens with two attached hydrogens (primary N) is 1. The minimum atomic E-state index is 0.683. The quantitative estimate of drug-likeness (QED) is 0.784. The highest BCUT2D eigenvalue weighted by atomic mass is 35.5. The van der Waals surface area contributed by atoms with E-state index < -0.39 is 0 Å².